The molecule has 3 heteroatoms. The zero-order chi connectivity index (χ0) is 10.9. The summed E-state index contributed by atoms with van der Waals surface area (Å²) in [6.07, 6.45) is 0.661. The van der Waals surface area contributed by atoms with E-state index in [4.69, 9.17) is 9.94 Å². The van der Waals surface area contributed by atoms with E-state index in [9.17, 15) is 0 Å². The minimum atomic E-state index is -0.544. The highest BCUT2D eigenvalue weighted by Gasteiger charge is 2.34. The molecule has 1 aliphatic heterocycles. The van der Waals surface area contributed by atoms with E-state index in [0.717, 1.165) is 11.3 Å². The molecule has 1 atom stereocenters. The number of rotatable bonds is 2. The van der Waals surface area contributed by atoms with Gasteiger partial charge in [0.25, 0.3) is 0 Å². The average molecular weight is 205 g/mol. The highest BCUT2D eigenvalue weighted by Crippen LogP contribution is 2.26. The first kappa shape index (κ1) is 10.2. The lowest BCUT2D eigenvalue weighted by atomic mass is 9.94. The molecule has 1 aliphatic rings. The molecule has 3 nitrogen and oxygen atoms in total. The van der Waals surface area contributed by atoms with E-state index in [1.54, 1.807) is 0 Å². The van der Waals surface area contributed by atoms with Gasteiger partial charge in [-0.25, -0.2) is 0 Å². The monoisotopic (exact) mass is 205 g/mol. The molecule has 1 heterocycles. The van der Waals surface area contributed by atoms with E-state index in [2.05, 4.69) is 5.16 Å². The van der Waals surface area contributed by atoms with Gasteiger partial charge in [0.2, 0.25) is 0 Å². The predicted molar refractivity (Wildman–Crippen MR) is 58.9 cm³/mol. The van der Waals surface area contributed by atoms with Crippen molar-refractivity contribution >= 4 is 5.71 Å². The molecule has 1 N–H and O–H groups in total. The molecule has 0 unspecified atom stereocenters. The molecule has 0 spiro atoms. The molecule has 0 aliphatic carbocycles. The fraction of sp³-hybridized carbons (Fsp3) is 0.417. The number of hydrogen-bond donors (Lipinski definition) is 1. The standard InChI is InChI=1S/C12H15NO2/c1-9-5-3-4-6-10(9)11-7-12(2,8-14)15-13-11/h3-6,14H,7-8H2,1-2H3/t12-/m1/s1. The van der Waals surface area contributed by atoms with Crippen molar-refractivity contribution in [2.24, 2.45) is 5.16 Å². The number of aliphatic hydroxyl groups excluding tert-OH is 1. The van der Waals surface area contributed by atoms with Crippen molar-refractivity contribution < 1.29 is 9.94 Å². The topological polar surface area (TPSA) is 41.8 Å². The Morgan fingerprint density at radius 3 is 2.80 bits per heavy atom. The third kappa shape index (κ3) is 1.88. The summed E-state index contributed by atoms with van der Waals surface area (Å²) in [6, 6.07) is 8.06. The summed E-state index contributed by atoms with van der Waals surface area (Å²) < 4.78 is 0. The molecule has 0 saturated heterocycles. The first-order valence-corrected chi connectivity index (χ1v) is 5.06. The van der Waals surface area contributed by atoms with Crippen molar-refractivity contribution in [2.45, 2.75) is 25.9 Å². The number of nitrogens with zero attached hydrogens (tertiary/aromatic N) is 1. The lowest BCUT2D eigenvalue weighted by molar-refractivity contribution is -0.0428. The van der Waals surface area contributed by atoms with Crippen LogP contribution in [0.1, 0.15) is 24.5 Å². The molecule has 2 rings (SSSR count). The summed E-state index contributed by atoms with van der Waals surface area (Å²) in [6.45, 7) is 3.90. The lowest BCUT2D eigenvalue weighted by Crippen LogP contribution is -2.29. The third-order valence-corrected chi connectivity index (χ3v) is 2.71. The van der Waals surface area contributed by atoms with E-state index in [1.807, 2.05) is 38.1 Å². The summed E-state index contributed by atoms with van der Waals surface area (Å²) in [5.74, 6) is 0. The van der Waals surface area contributed by atoms with Crippen LogP contribution in [0.4, 0.5) is 0 Å². The number of aliphatic hydroxyl groups is 1. The summed E-state index contributed by atoms with van der Waals surface area (Å²) in [7, 11) is 0. The second-order valence-corrected chi connectivity index (χ2v) is 4.23. The number of oxime groups is 1. The van der Waals surface area contributed by atoms with Crippen LogP contribution in [0.15, 0.2) is 29.4 Å². The Hall–Kier alpha value is -1.35. The Morgan fingerprint density at radius 2 is 2.20 bits per heavy atom. The van der Waals surface area contributed by atoms with Gasteiger partial charge < -0.3 is 9.94 Å². The maximum atomic E-state index is 9.16. The molecule has 0 bridgehead atoms. The van der Waals surface area contributed by atoms with E-state index >= 15 is 0 Å². The average Bonchev–Trinajstić information content (AvgIpc) is 2.63. The Kier molecular flexibility index (Phi) is 2.49. The molecule has 1 aromatic rings. The van der Waals surface area contributed by atoms with E-state index in [-0.39, 0.29) is 6.61 Å². The molecule has 15 heavy (non-hydrogen) atoms. The molecule has 0 fully saturated rings. The number of hydrogen-bond acceptors (Lipinski definition) is 3. The van der Waals surface area contributed by atoms with E-state index < -0.39 is 5.60 Å². The molecule has 80 valence electrons. The SMILES string of the molecule is Cc1ccccc1C1=NO[C@@](C)(CO)C1. The van der Waals surface area contributed by atoms with Crippen LogP contribution in [-0.4, -0.2) is 23.0 Å². The Balaban J connectivity index is 2.25. The third-order valence-electron chi connectivity index (χ3n) is 2.71. The first-order chi connectivity index (χ1) is 7.14. The van der Waals surface area contributed by atoms with Crippen LogP contribution in [0.3, 0.4) is 0 Å². The largest absolute Gasteiger partial charge is 0.392 e. The highest BCUT2D eigenvalue weighted by molar-refractivity contribution is 6.02. The molecule has 0 amide bonds. The lowest BCUT2D eigenvalue weighted by Gasteiger charge is -2.17. The van der Waals surface area contributed by atoms with Gasteiger partial charge in [-0.15, -0.1) is 0 Å². The van der Waals surface area contributed by atoms with Gasteiger partial charge in [-0.05, 0) is 19.4 Å². The zero-order valence-corrected chi connectivity index (χ0v) is 9.03. The van der Waals surface area contributed by atoms with Gasteiger partial charge in [-0.1, -0.05) is 29.4 Å². The molecular weight excluding hydrogens is 190 g/mol. The smallest absolute Gasteiger partial charge is 0.163 e. The van der Waals surface area contributed by atoms with Crippen LogP contribution < -0.4 is 0 Å². The zero-order valence-electron chi connectivity index (χ0n) is 9.03. The van der Waals surface area contributed by atoms with E-state index in [1.165, 1.54) is 5.56 Å². The second-order valence-electron chi connectivity index (χ2n) is 4.23. The van der Waals surface area contributed by atoms with Crippen LogP contribution >= 0.6 is 0 Å². The molecular formula is C12H15NO2. The van der Waals surface area contributed by atoms with Gasteiger partial charge in [-0.2, -0.15) is 0 Å². The molecule has 0 aromatic heterocycles. The minimum absolute atomic E-state index is 0.00805. The van der Waals surface area contributed by atoms with Crippen molar-refractivity contribution in [3.8, 4) is 0 Å². The van der Waals surface area contributed by atoms with Crippen molar-refractivity contribution in [1.82, 2.24) is 0 Å². The van der Waals surface area contributed by atoms with Crippen molar-refractivity contribution in [2.75, 3.05) is 6.61 Å². The summed E-state index contributed by atoms with van der Waals surface area (Å²) >= 11 is 0. The van der Waals surface area contributed by atoms with Gasteiger partial charge in [0.05, 0.1) is 12.3 Å². The molecule has 0 saturated carbocycles. The van der Waals surface area contributed by atoms with Crippen molar-refractivity contribution in [1.29, 1.82) is 0 Å². The van der Waals surface area contributed by atoms with Crippen LogP contribution in [0.5, 0.6) is 0 Å². The van der Waals surface area contributed by atoms with Crippen LogP contribution in [0.2, 0.25) is 0 Å². The normalized spacial score (nSPS) is 24.9. The summed E-state index contributed by atoms with van der Waals surface area (Å²) in [5.41, 5.74) is 2.67. The van der Waals surface area contributed by atoms with Gasteiger partial charge in [0, 0.05) is 12.0 Å². The highest BCUT2D eigenvalue weighted by atomic mass is 16.7. The fourth-order valence-corrected chi connectivity index (χ4v) is 1.71. The minimum Gasteiger partial charge on any atom is -0.392 e. The number of aryl methyl sites for hydroxylation is 1. The first-order valence-electron chi connectivity index (χ1n) is 5.06. The molecule has 0 radical (unpaired) electrons. The van der Waals surface area contributed by atoms with Gasteiger partial charge in [-0.3, -0.25) is 0 Å². The van der Waals surface area contributed by atoms with Gasteiger partial charge in [0.15, 0.2) is 5.60 Å². The quantitative estimate of drug-likeness (QED) is 0.800. The molecule has 1 aromatic carbocycles. The van der Waals surface area contributed by atoms with Gasteiger partial charge in [0.1, 0.15) is 0 Å². The van der Waals surface area contributed by atoms with Crippen LogP contribution in [-0.2, 0) is 4.84 Å². The predicted octanol–water partition coefficient (Wildman–Crippen LogP) is 1.87. The Morgan fingerprint density at radius 1 is 1.47 bits per heavy atom. The van der Waals surface area contributed by atoms with Crippen LogP contribution in [0.25, 0.3) is 0 Å². The number of benzene rings is 1. The fourth-order valence-electron chi connectivity index (χ4n) is 1.71. The Bertz CT molecular complexity index is 400. The van der Waals surface area contributed by atoms with Gasteiger partial charge >= 0.3 is 0 Å². The maximum Gasteiger partial charge on any atom is 0.163 e. The maximum absolute atomic E-state index is 9.16. The summed E-state index contributed by atoms with van der Waals surface area (Å²) in [4.78, 5) is 5.25. The van der Waals surface area contributed by atoms with Crippen molar-refractivity contribution in [3.63, 3.8) is 0 Å². The second kappa shape index (κ2) is 3.66. The Labute approximate surface area is 89.4 Å². The summed E-state index contributed by atoms with van der Waals surface area (Å²) in [5, 5.41) is 13.2. The van der Waals surface area contributed by atoms with Crippen molar-refractivity contribution in [3.05, 3.63) is 35.4 Å². The van der Waals surface area contributed by atoms with Crippen LogP contribution in [0, 0.1) is 6.92 Å². The van der Waals surface area contributed by atoms with E-state index in [0.29, 0.717) is 6.42 Å².